The minimum absolute atomic E-state index is 0.170. The van der Waals surface area contributed by atoms with Crippen LogP contribution in [-0.4, -0.2) is 16.6 Å². The van der Waals surface area contributed by atoms with Gasteiger partial charge in [-0.15, -0.1) is 0 Å². The molecule has 0 amide bonds. The Balaban J connectivity index is 4.26. The summed E-state index contributed by atoms with van der Waals surface area (Å²) >= 11 is 5.26. The van der Waals surface area contributed by atoms with Crippen molar-refractivity contribution in [2.75, 3.05) is 12.2 Å². The Morgan fingerprint density at radius 3 is 3.38 bits per heavy atom. The van der Waals surface area contributed by atoms with Gasteiger partial charge in [-0.2, -0.15) is 0 Å². The van der Waals surface area contributed by atoms with E-state index in [1.165, 1.54) is 0 Å². The van der Waals surface area contributed by atoms with E-state index in [0.29, 0.717) is 18.3 Å². The van der Waals surface area contributed by atoms with Crippen molar-refractivity contribution in [1.82, 2.24) is 5.32 Å². The van der Waals surface area contributed by atoms with Crippen molar-refractivity contribution < 1.29 is 6.85 Å². The molecule has 3 heteroatoms. The Bertz CT molecular complexity index is 190. The molecule has 0 heterocycles. The molecule has 0 saturated heterocycles. The fourth-order valence-corrected chi connectivity index (χ4v) is 0.805. The lowest BCUT2D eigenvalue weighted by Crippen LogP contribution is -2.16. The van der Waals surface area contributed by atoms with E-state index in [4.69, 9.17) is 19.1 Å². The first-order valence-corrected chi connectivity index (χ1v) is 3.40. The van der Waals surface area contributed by atoms with Gasteiger partial charge in [0.25, 0.3) is 0 Å². The van der Waals surface area contributed by atoms with Gasteiger partial charge in [0.1, 0.15) is 4.32 Å². The summed E-state index contributed by atoms with van der Waals surface area (Å²) in [5.41, 5.74) is -2.33. The summed E-state index contributed by atoms with van der Waals surface area (Å²) in [7, 11) is 0. The fourth-order valence-electron chi connectivity index (χ4n) is 0.227. The lowest BCUT2D eigenvalue weighted by molar-refractivity contribution is 0.995. The molecular formula is C5H11NS2. The molecule has 0 atom stereocenters. The van der Waals surface area contributed by atoms with Gasteiger partial charge in [0.2, 0.25) is 0 Å². The van der Waals surface area contributed by atoms with Crippen LogP contribution in [0.3, 0.4) is 0 Å². The third-order valence-electron chi connectivity index (χ3n) is 0.465. The zero-order valence-electron chi connectivity index (χ0n) is 9.52. The molecule has 0 aromatic rings. The van der Waals surface area contributed by atoms with Crippen LogP contribution in [0.1, 0.15) is 20.6 Å². The van der Waals surface area contributed by atoms with Crippen molar-refractivity contribution in [2.45, 2.75) is 13.8 Å². The average molecular weight is 154 g/mol. The van der Waals surface area contributed by atoms with Gasteiger partial charge in [0.05, 0.1) is 0 Å². The second kappa shape index (κ2) is 5.38. The van der Waals surface area contributed by atoms with Gasteiger partial charge in [-0.3, -0.25) is 0 Å². The Morgan fingerprint density at radius 1 is 2.12 bits per heavy atom. The van der Waals surface area contributed by atoms with E-state index in [-0.39, 0.29) is 4.32 Å². The SMILES string of the molecule is [2H]C([2H])([2H])C([2H])([2H])SC(=S)NCC. The number of thiocarbonyl (C=S) groups is 1. The molecule has 0 bridgehead atoms. The molecule has 0 aliphatic heterocycles. The highest BCUT2D eigenvalue weighted by Gasteiger charge is 1.88. The normalized spacial score (nSPS) is 21.4. The molecular weight excluding hydrogens is 138 g/mol. The first kappa shape index (κ1) is 2.88. The topological polar surface area (TPSA) is 12.0 Å². The number of hydrogen-bond donors (Lipinski definition) is 1. The molecule has 0 unspecified atom stereocenters. The summed E-state index contributed by atoms with van der Waals surface area (Å²) in [6.45, 7) is -0.294. The molecule has 0 radical (unpaired) electrons. The van der Waals surface area contributed by atoms with Gasteiger partial charge in [-0.05, 0) is 12.6 Å². The van der Waals surface area contributed by atoms with Crippen LogP contribution in [0, 0.1) is 0 Å². The van der Waals surface area contributed by atoms with Gasteiger partial charge < -0.3 is 5.32 Å². The lowest BCUT2D eigenvalue weighted by Gasteiger charge is -1.99. The molecule has 0 spiro atoms. The van der Waals surface area contributed by atoms with Gasteiger partial charge in [0.15, 0.2) is 0 Å². The summed E-state index contributed by atoms with van der Waals surface area (Å²) in [6, 6.07) is 0. The Labute approximate surface area is 67.3 Å². The van der Waals surface area contributed by atoms with Crippen LogP contribution in [0.4, 0.5) is 0 Å². The maximum Gasteiger partial charge on any atom is 0.133 e. The predicted octanol–water partition coefficient (Wildman–Crippen LogP) is 1.63. The van der Waals surface area contributed by atoms with Gasteiger partial charge in [-0.1, -0.05) is 30.8 Å². The minimum atomic E-state index is -2.66. The van der Waals surface area contributed by atoms with Crippen molar-refractivity contribution in [3.05, 3.63) is 0 Å². The molecule has 0 aromatic carbocycles. The quantitative estimate of drug-likeness (QED) is 0.607. The van der Waals surface area contributed by atoms with Crippen molar-refractivity contribution in [3.63, 3.8) is 0 Å². The van der Waals surface area contributed by atoms with E-state index in [2.05, 4.69) is 5.32 Å². The molecule has 0 fully saturated rings. The van der Waals surface area contributed by atoms with Crippen LogP contribution in [0.25, 0.3) is 0 Å². The summed E-state index contributed by atoms with van der Waals surface area (Å²) in [5.74, 6) is 0. The largest absolute Gasteiger partial charge is 0.371 e. The average Bonchev–Trinajstić information content (AvgIpc) is 1.83. The summed E-state index contributed by atoms with van der Waals surface area (Å²) in [4.78, 5) is 0. The molecule has 1 N–H and O–H groups in total. The lowest BCUT2D eigenvalue weighted by atomic mass is 10.8. The molecule has 0 rings (SSSR count). The number of thioether (sulfide) groups is 1. The Hall–Kier alpha value is 0.240. The van der Waals surface area contributed by atoms with E-state index in [1.807, 2.05) is 0 Å². The molecule has 1 nitrogen and oxygen atoms in total. The van der Waals surface area contributed by atoms with E-state index in [0.717, 1.165) is 0 Å². The summed E-state index contributed by atoms with van der Waals surface area (Å²) < 4.78 is 35.4. The zero-order valence-corrected chi connectivity index (χ0v) is 6.16. The van der Waals surface area contributed by atoms with Crippen LogP contribution < -0.4 is 5.32 Å². The third-order valence-corrected chi connectivity index (χ3v) is 1.29. The van der Waals surface area contributed by atoms with Gasteiger partial charge in [0, 0.05) is 13.4 Å². The van der Waals surface area contributed by atoms with Crippen molar-refractivity contribution in [2.24, 2.45) is 0 Å². The molecule has 0 aliphatic carbocycles. The molecule has 0 aromatic heterocycles. The van der Waals surface area contributed by atoms with Crippen LogP contribution in [-0.2, 0) is 0 Å². The molecule has 0 saturated carbocycles. The maximum absolute atomic E-state index is 7.23. The van der Waals surface area contributed by atoms with Gasteiger partial charge in [-0.25, -0.2) is 0 Å². The van der Waals surface area contributed by atoms with Crippen LogP contribution in [0.5, 0.6) is 0 Å². The molecule has 0 aliphatic rings. The molecule has 48 valence electrons. The summed E-state index contributed by atoms with van der Waals surface area (Å²) in [6.07, 6.45) is 0. The maximum atomic E-state index is 7.23. The van der Waals surface area contributed by atoms with Crippen molar-refractivity contribution >= 4 is 28.3 Å². The van der Waals surface area contributed by atoms with E-state index >= 15 is 0 Å². The molecule has 8 heavy (non-hydrogen) atoms. The number of nitrogens with one attached hydrogen (secondary N) is 1. The fraction of sp³-hybridized carbons (Fsp3) is 0.800. The van der Waals surface area contributed by atoms with Crippen molar-refractivity contribution in [3.8, 4) is 0 Å². The Kier molecular flexibility index (Phi) is 1.94. The van der Waals surface area contributed by atoms with Gasteiger partial charge >= 0.3 is 0 Å². The number of rotatable bonds is 2. The second-order valence-electron chi connectivity index (χ2n) is 1.02. The van der Waals surface area contributed by atoms with E-state index in [9.17, 15) is 0 Å². The smallest absolute Gasteiger partial charge is 0.133 e. The first-order valence-electron chi connectivity index (χ1n) is 4.67. The van der Waals surface area contributed by atoms with Crippen molar-refractivity contribution in [1.29, 1.82) is 0 Å². The van der Waals surface area contributed by atoms with E-state index < -0.39 is 12.6 Å². The number of hydrogen-bond acceptors (Lipinski definition) is 2. The summed E-state index contributed by atoms with van der Waals surface area (Å²) in [5, 5.41) is 2.68. The third kappa shape index (κ3) is 4.40. The highest BCUT2D eigenvalue weighted by Crippen LogP contribution is 1.98. The Morgan fingerprint density at radius 2 is 2.88 bits per heavy atom. The first-order chi connectivity index (χ1) is 5.70. The second-order valence-corrected chi connectivity index (χ2v) is 2.51. The van der Waals surface area contributed by atoms with Crippen LogP contribution >= 0.6 is 24.0 Å². The van der Waals surface area contributed by atoms with Crippen LogP contribution in [0.2, 0.25) is 0 Å². The minimum Gasteiger partial charge on any atom is -0.371 e. The highest BCUT2D eigenvalue weighted by atomic mass is 32.2. The standard InChI is InChI=1S/C5H11NS2/c1-3-6-5(7)8-4-2/h3-4H2,1-2H3,(H,6,7)/i2D3,4D2. The highest BCUT2D eigenvalue weighted by molar-refractivity contribution is 8.22. The zero-order chi connectivity index (χ0) is 10.7. The predicted molar refractivity (Wildman–Crippen MR) is 44.4 cm³/mol. The van der Waals surface area contributed by atoms with Crippen LogP contribution in [0.15, 0.2) is 0 Å². The van der Waals surface area contributed by atoms with E-state index in [1.54, 1.807) is 6.92 Å². The monoisotopic (exact) mass is 154 g/mol.